The molecule has 0 radical (unpaired) electrons. The average molecular weight is 387 g/mol. The van der Waals surface area contributed by atoms with Gasteiger partial charge in [-0.05, 0) is 40.3 Å². The monoisotopic (exact) mass is 387 g/mol. The summed E-state index contributed by atoms with van der Waals surface area (Å²) in [6.07, 6.45) is 3.29. The second-order valence-corrected chi connectivity index (χ2v) is 7.31. The van der Waals surface area contributed by atoms with Crippen LogP contribution in [0.15, 0.2) is 83.2 Å². The molecule has 136 valence electrons. The van der Waals surface area contributed by atoms with Gasteiger partial charge in [-0.3, -0.25) is 9.89 Å². The lowest BCUT2D eigenvalue weighted by Gasteiger charge is -2.02. The second kappa shape index (κ2) is 6.58. The molecule has 0 spiro atoms. The Balaban J connectivity index is 1.60. The molecule has 0 aliphatic heterocycles. The van der Waals surface area contributed by atoms with Gasteiger partial charge >= 0.3 is 0 Å². The van der Waals surface area contributed by atoms with Gasteiger partial charge in [-0.15, -0.1) is 11.3 Å². The lowest BCUT2D eigenvalue weighted by atomic mass is 10.1. The summed E-state index contributed by atoms with van der Waals surface area (Å²) in [6, 6.07) is 18.2. The number of H-pyrrole nitrogens is 1. The predicted octanol–water partition coefficient (Wildman–Crippen LogP) is 5.22. The van der Waals surface area contributed by atoms with Crippen LogP contribution in [0, 0.1) is 5.82 Å². The van der Waals surface area contributed by atoms with E-state index in [-0.39, 0.29) is 11.4 Å². The van der Waals surface area contributed by atoms with Crippen molar-refractivity contribution in [1.82, 2.24) is 14.6 Å². The van der Waals surface area contributed by atoms with E-state index in [1.165, 1.54) is 22.8 Å². The Bertz CT molecular complexity index is 1350. The third-order valence-corrected chi connectivity index (χ3v) is 5.61. The summed E-state index contributed by atoms with van der Waals surface area (Å²) in [5.74, 6) is -0.388. The number of benzene rings is 2. The van der Waals surface area contributed by atoms with Gasteiger partial charge in [0.15, 0.2) is 5.65 Å². The molecule has 0 saturated heterocycles. The second-order valence-electron chi connectivity index (χ2n) is 6.40. The van der Waals surface area contributed by atoms with Crippen LogP contribution in [0.4, 0.5) is 4.39 Å². The molecular weight excluding hydrogens is 373 g/mol. The first-order chi connectivity index (χ1) is 13.7. The molecule has 0 amide bonds. The number of thiophene rings is 1. The van der Waals surface area contributed by atoms with Crippen LogP contribution >= 0.6 is 11.3 Å². The van der Waals surface area contributed by atoms with Crippen molar-refractivity contribution in [2.75, 3.05) is 0 Å². The quantitative estimate of drug-likeness (QED) is 0.461. The Labute approximate surface area is 163 Å². The van der Waals surface area contributed by atoms with Gasteiger partial charge in [0.25, 0.3) is 5.56 Å². The van der Waals surface area contributed by atoms with Crippen molar-refractivity contribution < 1.29 is 4.39 Å². The van der Waals surface area contributed by atoms with E-state index in [2.05, 4.69) is 33.7 Å². The van der Waals surface area contributed by atoms with Crippen LogP contribution in [-0.2, 0) is 0 Å². The first-order valence-electron chi connectivity index (χ1n) is 8.70. The molecule has 28 heavy (non-hydrogen) atoms. The number of fused-ring (bicyclic) bond motifs is 1. The third kappa shape index (κ3) is 2.75. The minimum Gasteiger partial charge on any atom is -0.296 e. The molecule has 5 rings (SSSR count). The molecule has 1 N–H and O–H groups in total. The Morgan fingerprint density at radius 3 is 2.57 bits per heavy atom. The van der Waals surface area contributed by atoms with E-state index in [1.54, 1.807) is 29.7 Å². The first kappa shape index (κ1) is 16.6. The van der Waals surface area contributed by atoms with Crippen LogP contribution in [-0.4, -0.2) is 14.6 Å². The summed E-state index contributed by atoms with van der Waals surface area (Å²) in [4.78, 5) is 18.4. The summed E-state index contributed by atoms with van der Waals surface area (Å²) in [6.45, 7) is 0. The van der Waals surface area contributed by atoms with E-state index in [4.69, 9.17) is 0 Å². The Kier molecular flexibility index (Phi) is 3.91. The average Bonchev–Trinajstić information content (AvgIpc) is 3.36. The molecule has 3 heterocycles. The highest BCUT2D eigenvalue weighted by Gasteiger charge is 2.15. The minimum atomic E-state index is -0.388. The fraction of sp³-hybridized carbons (Fsp3) is 0. The predicted molar refractivity (Wildman–Crippen MR) is 110 cm³/mol. The number of nitrogens with one attached hydrogen (secondary N) is 1. The highest BCUT2D eigenvalue weighted by Crippen LogP contribution is 2.34. The molecule has 0 fully saturated rings. The highest BCUT2D eigenvalue weighted by atomic mass is 32.1. The molecule has 6 heteroatoms. The van der Waals surface area contributed by atoms with Gasteiger partial charge in [-0.1, -0.05) is 42.5 Å². The maximum atomic E-state index is 13.5. The van der Waals surface area contributed by atoms with Gasteiger partial charge in [-0.2, -0.15) is 0 Å². The summed E-state index contributed by atoms with van der Waals surface area (Å²) >= 11 is 1.60. The Morgan fingerprint density at radius 2 is 1.75 bits per heavy atom. The van der Waals surface area contributed by atoms with Crippen molar-refractivity contribution in [2.24, 2.45) is 0 Å². The molecule has 0 bridgehead atoms. The van der Waals surface area contributed by atoms with Gasteiger partial charge in [0.1, 0.15) is 5.82 Å². The van der Waals surface area contributed by atoms with Crippen LogP contribution in [0.3, 0.4) is 0 Å². The maximum absolute atomic E-state index is 13.5. The zero-order valence-corrected chi connectivity index (χ0v) is 15.4. The smallest absolute Gasteiger partial charge is 0.280 e. The van der Waals surface area contributed by atoms with E-state index in [0.29, 0.717) is 16.8 Å². The van der Waals surface area contributed by atoms with Gasteiger partial charge < -0.3 is 0 Å². The molecule has 3 aromatic heterocycles. The van der Waals surface area contributed by atoms with Crippen molar-refractivity contribution in [2.45, 2.75) is 0 Å². The first-order valence-corrected chi connectivity index (χ1v) is 9.58. The van der Waals surface area contributed by atoms with E-state index in [0.717, 1.165) is 21.6 Å². The largest absolute Gasteiger partial charge is 0.296 e. The van der Waals surface area contributed by atoms with Crippen LogP contribution in [0.1, 0.15) is 0 Å². The molecule has 0 unspecified atom stereocenters. The van der Waals surface area contributed by atoms with Crippen molar-refractivity contribution in [1.29, 1.82) is 0 Å². The van der Waals surface area contributed by atoms with E-state index in [1.807, 2.05) is 18.2 Å². The molecule has 0 aliphatic rings. The van der Waals surface area contributed by atoms with Crippen LogP contribution < -0.4 is 5.56 Å². The molecule has 0 aliphatic carbocycles. The molecule has 0 atom stereocenters. The normalized spacial score (nSPS) is 11.2. The summed E-state index contributed by atoms with van der Waals surface area (Å²) in [7, 11) is 0. The van der Waals surface area contributed by atoms with Gasteiger partial charge in [0.05, 0.1) is 11.1 Å². The zero-order valence-electron chi connectivity index (χ0n) is 14.6. The Hall–Kier alpha value is -3.51. The standard InChI is InChI=1S/C22H14FN3OS/c23-17-8-4-7-15(9-17)18-11-24-21-19(12-25-26(21)22(18)27)20-10-16(13-28-20)14-5-2-1-3-6-14/h1-13,25H. The lowest BCUT2D eigenvalue weighted by molar-refractivity contribution is 0.628. The summed E-state index contributed by atoms with van der Waals surface area (Å²) in [5, 5.41) is 5.07. The molecular formula is C22H14FN3OS. The molecule has 4 nitrogen and oxygen atoms in total. The van der Waals surface area contributed by atoms with Crippen molar-refractivity contribution in [3.8, 4) is 32.7 Å². The number of rotatable bonds is 3. The van der Waals surface area contributed by atoms with Crippen molar-refractivity contribution >= 4 is 17.0 Å². The summed E-state index contributed by atoms with van der Waals surface area (Å²) < 4.78 is 14.9. The van der Waals surface area contributed by atoms with E-state index in [9.17, 15) is 9.18 Å². The van der Waals surface area contributed by atoms with Crippen molar-refractivity contribution in [3.05, 3.63) is 94.6 Å². The topological polar surface area (TPSA) is 50.2 Å². The van der Waals surface area contributed by atoms with Gasteiger partial charge in [-0.25, -0.2) is 13.9 Å². The molecule has 5 aromatic rings. The van der Waals surface area contributed by atoms with Crippen LogP contribution in [0.2, 0.25) is 0 Å². The SMILES string of the molecule is O=c1c(-c2cccc(F)c2)cnc2c(-c3cc(-c4ccccc4)cs3)c[nH]n12. The molecule has 2 aromatic carbocycles. The number of hydrogen-bond donors (Lipinski definition) is 1. The fourth-order valence-electron chi connectivity index (χ4n) is 3.25. The van der Waals surface area contributed by atoms with Crippen LogP contribution in [0.5, 0.6) is 0 Å². The minimum absolute atomic E-state index is 0.262. The van der Waals surface area contributed by atoms with Gasteiger partial charge in [0, 0.05) is 17.3 Å². The Morgan fingerprint density at radius 1 is 0.929 bits per heavy atom. The number of halogens is 1. The number of nitrogens with zero attached hydrogens (tertiary/aromatic N) is 2. The zero-order chi connectivity index (χ0) is 19.1. The molecule has 0 saturated carbocycles. The lowest BCUT2D eigenvalue weighted by Crippen LogP contribution is -2.16. The number of aromatic amines is 1. The number of hydrogen-bond acceptors (Lipinski definition) is 3. The highest BCUT2D eigenvalue weighted by molar-refractivity contribution is 7.14. The van der Waals surface area contributed by atoms with Crippen LogP contribution in [0.25, 0.3) is 38.3 Å². The maximum Gasteiger partial charge on any atom is 0.280 e. The fourth-order valence-corrected chi connectivity index (χ4v) is 4.18. The third-order valence-electron chi connectivity index (χ3n) is 4.65. The van der Waals surface area contributed by atoms with E-state index < -0.39 is 0 Å². The van der Waals surface area contributed by atoms with Gasteiger partial charge in [0.2, 0.25) is 0 Å². The van der Waals surface area contributed by atoms with E-state index >= 15 is 0 Å². The number of aromatic nitrogens is 3. The van der Waals surface area contributed by atoms with Crippen molar-refractivity contribution in [3.63, 3.8) is 0 Å². The summed E-state index contributed by atoms with van der Waals surface area (Å²) in [5.41, 5.74) is 4.26.